The van der Waals surface area contributed by atoms with Crippen molar-refractivity contribution in [1.29, 1.82) is 0 Å². The SMILES string of the molecule is COc1ccc(OCc2nn(C3CCC3)c3ccc(-c4cccc5c(N)nccc45)cc23)c(CC(=O)O)c1. The number of rotatable bonds is 8. The van der Waals surface area contributed by atoms with Crippen LogP contribution in [0.15, 0.2) is 66.9 Å². The molecule has 3 N–H and O–H groups in total. The molecule has 1 fully saturated rings. The van der Waals surface area contributed by atoms with E-state index < -0.39 is 5.97 Å². The number of aliphatic carboxylic acids is 1. The first-order valence-electron chi connectivity index (χ1n) is 12.7. The molecule has 0 amide bonds. The van der Waals surface area contributed by atoms with Gasteiger partial charge in [-0.3, -0.25) is 9.48 Å². The van der Waals surface area contributed by atoms with Crippen LogP contribution in [-0.4, -0.2) is 33.0 Å². The minimum Gasteiger partial charge on any atom is -0.497 e. The Kier molecular flexibility index (Phi) is 6.07. The van der Waals surface area contributed by atoms with E-state index in [0.717, 1.165) is 51.3 Å². The molecule has 1 aliphatic carbocycles. The zero-order valence-electron chi connectivity index (χ0n) is 21.1. The van der Waals surface area contributed by atoms with Gasteiger partial charge in [0.25, 0.3) is 0 Å². The molecule has 2 aromatic heterocycles. The normalized spacial score (nSPS) is 13.5. The van der Waals surface area contributed by atoms with Crippen LogP contribution in [0.3, 0.4) is 0 Å². The number of benzene rings is 3. The minimum atomic E-state index is -0.932. The molecule has 0 radical (unpaired) electrons. The summed E-state index contributed by atoms with van der Waals surface area (Å²) in [6, 6.07) is 20.1. The molecule has 192 valence electrons. The van der Waals surface area contributed by atoms with Gasteiger partial charge in [-0.1, -0.05) is 24.3 Å². The molecule has 0 saturated heterocycles. The summed E-state index contributed by atoms with van der Waals surface area (Å²) < 4.78 is 13.6. The second-order valence-electron chi connectivity index (χ2n) is 9.64. The van der Waals surface area contributed by atoms with E-state index in [-0.39, 0.29) is 13.0 Å². The molecule has 3 aromatic carbocycles. The van der Waals surface area contributed by atoms with Gasteiger partial charge in [-0.05, 0) is 72.2 Å². The number of nitrogens with two attached hydrogens (primary N) is 1. The smallest absolute Gasteiger partial charge is 0.307 e. The maximum absolute atomic E-state index is 11.5. The quantitative estimate of drug-likeness (QED) is 0.273. The Morgan fingerprint density at radius 2 is 1.95 bits per heavy atom. The number of methoxy groups -OCH3 is 1. The Hall–Kier alpha value is -4.59. The van der Waals surface area contributed by atoms with Crippen molar-refractivity contribution in [2.45, 2.75) is 38.3 Å². The van der Waals surface area contributed by atoms with Gasteiger partial charge in [0.15, 0.2) is 0 Å². The number of carboxylic acids is 1. The molecule has 0 spiro atoms. The average molecular weight is 509 g/mol. The fraction of sp³-hybridized carbons (Fsp3) is 0.233. The molecule has 0 aliphatic heterocycles. The standard InChI is InChI=1S/C30H28N4O4/c1-37-21-9-11-28(19(14-21)16-29(35)36)38-17-26-25-15-18(8-10-27(25)34(33-26)20-4-2-5-20)22-6-3-7-24-23(22)12-13-32-30(24)31/h3,6-15,20H,2,4-5,16-17H2,1H3,(H2,31,32)(H,35,36). The van der Waals surface area contributed by atoms with E-state index in [9.17, 15) is 9.90 Å². The van der Waals surface area contributed by atoms with Crippen LogP contribution in [0.5, 0.6) is 11.5 Å². The molecule has 8 nitrogen and oxygen atoms in total. The van der Waals surface area contributed by atoms with Crippen LogP contribution < -0.4 is 15.2 Å². The topological polar surface area (TPSA) is 112 Å². The molecule has 0 bridgehead atoms. The number of carbonyl (C=O) groups is 1. The Morgan fingerprint density at radius 1 is 1.08 bits per heavy atom. The summed E-state index contributed by atoms with van der Waals surface area (Å²) in [5.41, 5.74) is 10.7. The predicted molar refractivity (Wildman–Crippen MR) is 146 cm³/mol. The predicted octanol–water partition coefficient (Wildman–Crippen LogP) is 5.77. The number of nitrogen functional groups attached to an aromatic ring is 1. The lowest BCUT2D eigenvalue weighted by Crippen LogP contribution is -2.18. The first-order chi connectivity index (χ1) is 18.5. The lowest BCUT2D eigenvalue weighted by molar-refractivity contribution is -0.136. The monoisotopic (exact) mass is 508 g/mol. The zero-order chi connectivity index (χ0) is 26.2. The lowest BCUT2D eigenvalue weighted by atomic mass is 9.93. The Bertz CT molecular complexity index is 1670. The van der Waals surface area contributed by atoms with E-state index in [4.69, 9.17) is 20.3 Å². The number of nitrogens with zero attached hydrogens (tertiary/aromatic N) is 3. The van der Waals surface area contributed by atoms with E-state index >= 15 is 0 Å². The van der Waals surface area contributed by atoms with Crippen molar-refractivity contribution < 1.29 is 19.4 Å². The van der Waals surface area contributed by atoms with Crippen molar-refractivity contribution in [2.24, 2.45) is 0 Å². The number of hydrogen-bond donors (Lipinski definition) is 2. The highest BCUT2D eigenvalue weighted by atomic mass is 16.5. The summed E-state index contributed by atoms with van der Waals surface area (Å²) in [7, 11) is 1.55. The molecule has 2 heterocycles. The molecule has 6 rings (SSSR count). The van der Waals surface area contributed by atoms with Crippen LogP contribution >= 0.6 is 0 Å². The van der Waals surface area contributed by atoms with Gasteiger partial charge in [-0.2, -0.15) is 5.10 Å². The van der Waals surface area contributed by atoms with E-state index in [2.05, 4.69) is 33.9 Å². The number of aromatic nitrogens is 3. The van der Waals surface area contributed by atoms with Crippen LogP contribution in [-0.2, 0) is 17.8 Å². The maximum Gasteiger partial charge on any atom is 0.307 e. The van der Waals surface area contributed by atoms with Gasteiger partial charge in [0, 0.05) is 22.5 Å². The van der Waals surface area contributed by atoms with E-state index in [1.807, 2.05) is 18.2 Å². The highest BCUT2D eigenvalue weighted by molar-refractivity contribution is 6.02. The van der Waals surface area contributed by atoms with Gasteiger partial charge >= 0.3 is 5.97 Å². The number of fused-ring (bicyclic) bond motifs is 2. The highest BCUT2D eigenvalue weighted by Crippen LogP contribution is 2.38. The fourth-order valence-electron chi connectivity index (χ4n) is 5.14. The van der Waals surface area contributed by atoms with Gasteiger partial charge in [0.05, 0.1) is 25.1 Å². The number of ether oxygens (including phenoxy) is 2. The maximum atomic E-state index is 11.5. The third kappa shape index (κ3) is 4.28. The first kappa shape index (κ1) is 23.8. The molecular formula is C30H28N4O4. The Balaban J connectivity index is 1.41. The summed E-state index contributed by atoms with van der Waals surface area (Å²) in [6.45, 7) is 0.213. The minimum absolute atomic E-state index is 0.160. The molecule has 0 unspecified atom stereocenters. The summed E-state index contributed by atoms with van der Waals surface area (Å²) in [6.07, 6.45) is 4.99. The largest absolute Gasteiger partial charge is 0.497 e. The summed E-state index contributed by atoms with van der Waals surface area (Å²) in [5, 5.41) is 17.3. The molecule has 5 aromatic rings. The average Bonchev–Trinajstić information content (AvgIpc) is 3.23. The number of anilines is 1. The molecule has 1 aliphatic rings. The van der Waals surface area contributed by atoms with Crippen molar-refractivity contribution in [3.8, 4) is 22.6 Å². The van der Waals surface area contributed by atoms with Crippen LogP contribution in [0.2, 0.25) is 0 Å². The van der Waals surface area contributed by atoms with Gasteiger partial charge < -0.3 is 20.3 Å². The Labute approximate surface area is 219 Å². The zero-order valence-corrected chi connectivity index (χ0v) is 21.1. The second kappa shape index (κ2) is 9.70. The summed E-state index contributed by atoms with van der Waals surface area (Å²) >= 11 is 0. The Morgan fingerprint density at radius 3 is 2.71 bits per heavy atom. The third-order valence-electron chi connectivity index (χ3n) is 7.32. The van der Waals surface area contributed by atoms with Crippen molar-refractivity contribution in [2.75, 3.05) is 12.8 Å². The third-order valence-corrected chi connectivity index (χ3v) is 7.32. The van der Waals surface area contributed by atoms with Gasteiger partial charge in [-0.15, -0.1) is 0 Å². The number of carboxylic acid groups (broad SMARTS) is 1. The molecular weight excluding hydrogens is 480 g/mol. The van der Waals surface area contributed by atoms with Gasteiger partial charge in [-0.25, -0.2) is 4.98 Å². The van der Waals surface area contributed by atoms with Crippen molar-refractivity contribution >= 4 is 33.5 Å². The molecule has 0 atom stereocenters. The van der Waals surface area contributed by atoms with Crippen molar-refractivity contribution in [1.82, 2.24) is 14.8 Å². The van der Waals surface area contributed by atoms with E-state index in [1.54, 1.807) is 31.5 Å². The van der Waals surface area contributed by atoms with Gasteiger partial charge in [0.2, 0.25) is 0 Å². The highest BCUT2D eigenvalue weighted by Gasteiger charge is 2.24. The second-order valence-corrected chi connectivity index (χ2v) is 9.64. The summed E-state index contributed by atoms with van der Waals surface area (Å²) in [5.74, 6) is 0.670. The van der Waals surface area contributed by atoms with Crippen LogP contribution in [0.25, 0.3) is 32.8 Å². The summed E-state index contributed by atoms with van der Waals surface area (Å²) in [4.78, 5) is 15.7. The van der Waals surface area contributed by atoms with Crippen molar-refractivity contribution in [3.63, 3.8) is 0 Å². The number of pyridine rings is 1. The number of hydrogen-bond acceptors (Lipinski definition) is 6. The molecule has 1 saturated carbocycles. The molecule has 38 heavy (non-hydrogen) atoms. The fourth-order valence-corrected chi connectivity index (χ4v) is 5.14. The first-order valence-corrected chi connectivity index (χ1v) is 12.7. The lowest BCUT2D eigenvalue weighted by Gasteiger charge is -2.26. The molecule has 8 heteroatoms. The van der Waals surface area contributed by atoms with E-state index in [1.165, 1.54) is 6.42 Å². The van der Waals surface area contributed by atoms with E-state index in [0.29, 0.717) is 28.9 Å². The van der Waals surface area contributed by atoms with Crippen LogP contribution in [0.4, 0.5) is 5.82 Å². The van der Waals surface area contributed by atoms with Crippen LogP contribution in [0.1, 0.15) is 36.6 Å². The van der Waals surface area contributed by atoms with Crippen LogP contribution in [0, 0.1) is 0 Å². The van der Waals surface area contributed by atoms with Gasteiger partial charge in [0.1, 0.15) is 29.6 Å². The van der Waals surface area contributed by atoms with Crippen molar-refractivity contribution in [3.05, 3.63) is 78.1 Å².